The summed E-state index contributed by atoms with van der Waals surface area (Å²) >= 11 is 6.39. The van der Waals surface area contributed by atoms with Crippen molar-refractivity contribution in [1.29, 1.82) is 0 Å². The van der Waals surface area contributed by atoms with Crippen molar-refractivity contribution in [2.45, 2.75) is 0 Å². The third-order valence-corrected chi connectivity index (χ3v) is 4.80. The summed E-state index contributed by atoms with van der Waals surface area (Å²) in [4.78, 5) is 29.9. The van der Waals surface area contributed by atoms with Crippen molar-refractivity contribution in [3.8, 4) is 22.9 Å². The molecule has 0 unspecified atom stereocenters. The summed E-state index contributed by atoms with van der Waals surface area (Å²) in [5, 5.41) is 11.0. The molecule has 0 atom stereocenters. The largest absolute Gasteiger partial charge is 0.457 e. The van der Waals surface area contributed by atoms with Gasteiger partial charge < -0.3 is 19.5 Å². The molecule has 0 saturated carbocycles. The lowest BCUT2D eigenvalue weighted by Gasteiger charge is -2.09. The number of amides is 2. The zero-order chi connectivity index (χ0) is 23.5. The van der Waals surface area contributed by atoms with Crippen LogP contribution in [-0.4, -0.2) is 50.7 Å². The molecule has 1 N–H and O–H groups in total. The van der Waals surface area contributed by atoms with Crippen molar-refractivity contribution >= 4 is 29.2 Å². The van der Waals surface area contributed by atoms with Gasteiger partial charge >= 0.3 is 11.8 Å². The lowest BCUT2D eigenvalue weighted by atomic mass is 10.2. The molecular formula is C22H19ClN6O4. The van der Waals surface area contributed by atoms with Crippen LogP contribution >= 0.6 is 11.6 Å². The van der Waals surface area contributed by atoms with Crippen LogP contribution in [0, 0.1) is 0 Å². The topological polar surface area (TPSA) is 115 Å². The fraction of sp³-hybridized carbons (Fsp3) is 0.136. The fourth-order valence-corrected chi connectivity index (χ4v) is 3.11. The molecule has 0 spiro atoms. The van der Waals surface area contributed by atoms with Gasteiger partial charge in [0.05, 0.1) is 5.02 Å². The van der Waals surface area contributed by atoms with Crippen molar-refractivity contribution in [3.05, 3.63) is 71.2 Å². The van der Waals surface area contributed by atoms with E-state index in [0.717, 1.165) is 0 Å². The van der Waals surface area contributed by atoms with Gasteiger partial charge in [-0.25, -0.2) is 0 Å². The second kappa shape index (κ2) is 9.13. The number of anilines is 1. The molecule has 0 saturated heterocycles. The summed E-state index contributed by atoms with van der Waals surface area (Å²) in [7, 11) is 4.94. The Morgan fingerprint density at radius 3 is 2.61 bits per heavy atom. The van der Waals surface area contributed by atoms with Crippen LogP contribution < -0.4 is 10.1 Å². The highest BCUT2D eigenvalue weighted by molar-refractivity contribution is 6.33. The number of nitrogens with one attached hydrogen (secondary N) is 1. The second-order valence-electron chi connectivity index (χ2n) is 7.22. The smallest absolute Gasteiger partial charge is 0.316 e. The highest BCUT2D eigenvalue weighted by atomic mass is 35.5. The molecule has 168 valence electrons. The predicted molar refractivity (Wildman–Crippen MR) is 120 cm³/mol. The fourth-order valence-electron chi connectivity index (χ4n) is 2.86. The monoisotopic (exact) mass is 466 g/mol. The maximum absolute atomic E-state index is 12.5. The number of aryl methyl sites for hydroxylation is 1. The van der Waals surface area contributed by atoms with Crippen molar-refractivity contribution in [2.75, 3.05) is 19.4 Å². The highest BCUT2D eigenvalue weighted by Crippen LogP contribution is 2.32. The quantitative estimate of drug-likeness (QED) is 0.458. The molecule has 0 aliphatic rings. The summed E-state index contributed by atoms with van der Waals surface area (Å²) in [6.45, 7) is 0. The van der Waals surface area contributed by atoms with Crippen LogP contribution in [0.3, 0.4) is 0 Å². The van der Waals surface area contributed by atoms with Crippen LogP contribution in [-0.2, 0) is 7.05 Å². The van der Waals surface area contributed by atoms with E-state index in [9.17, 15) is 9.59 Å². The number of halogens is 1. The van der Waals surface area contributed by atoms with Gasteiger partial charge in [0.2, 0.25) is 5.82 Å². The molecule has 0 fully saturated rings. The zero-order valence-electron chi connectivity index (χ0n) is 17.9. The Morgan fingerprint density at radius 1 is 1.12 bits per heavy atom. The minimum absolute atomic E-state index is 0.132. The molecule has 4 rings (SSSR count). The molecule has 33 heavy (non-hydrogen) atoms. The van der Waals surface area contributed by atoms with E-state index in [1.807, 2.05) is 0 Å². The van der Waals surface area contributed by atoms with Crippen molar-refractivity contribution in [1.82, 2.24) is 24.8 Å². The van der Waals surface area contributed by atoms with E-state index in [1.54, 1.807) is 80.6 Å². The molecule has 2 amide bonds. The molecule has 2 aromatic heterocycles. The number of ether oxygens (including phenoxy) is 1. The third kappa shape index (κ3) is 5.01. The van der Waals surface area contributed by atoms with Gasteiger partial charge in [0.15, 0.2) is 5.82 Å². The molecule has 11 heteroatoms. The zero-order valence-corrected chi connectivity index (χ0v) is 18.7. The van der Waals surface area contributed by atoms with Gasteiger partial charge in [-0.2, -0.15) is 10.1 Å². The van der Waals surface area contributed by atoms with Gasteiger partial charge in [0, 0.05) is 50.6 Å². The van der Waals surface area contributed by atoms with E-state index in [-0.39, 0.29) is 17.6 Å². The molecule has 2 aromatic carbocycles. The molecule has 0 aliphatic heterocycles. The van der Waals surface area contributed by atoms with Crippen molar-refractivity contribution in [2.24, 2.45) is 7.05 Å². The molecular weight excluding hydrogens is 448 g/mol. The van der Waals surface area contributed by atoms with E-state index in [0.29, 0.717) is 33.5 Å². The van der Waals surface area contributed by atoms with Gasteiger partial charge in [0.1, 0.15) is 11.5 Å². The van der Waals surface area contributed by atoms with E-state index < -0.39 is 5.91 Å². The van der Waals surface area contributed by atoms with Gasteiger partial charge in [-0.1, -0.05) is 22.8 Å². The maximum atomic E-state index is 12.5. The normalized spacial score (nSPS) is 10.7. The van der Waals surface area contributed by atoms with Gasteiger partial charge in [0.25, 0.3) is 5.91 Å². The van der Waals surface area contributed by atoms with Crippen LogP contribution in [0.25, 0.3) is 11.4 Å². The molecule has 10 nitrogen and oxygen atoms in total. The lowest BCUT2D eigenvalue weighted by Crippen LogP contribution is -2.21. The summed E-state index contributed by atoms with van der Waals surface area (Å²) in [5.74, 6) is 0.680. The number of carbonyl (C=O) groups excluding carboxylic acids is 2. The lowest BCUT2D eigenvalue weighted by molar-refractivity contribution is 0.0779. The minimum atomic E-state index is -0.406. The molecule has 2 heterocycles. The first-order chi connectivity index (χ1) is 15.8. The van der Waals surface area contributed by atoms with Crippen molar-refractivity contribution in [3.63, 3.8) is 0 Å². The van der Waals surface area contributed by atoms with Crippen LogP contribution in [0.1, 0.15) is 21.0 Å². The minimum Gasteiger partial charge on any atom is -0.457 e. The standard InChI is InChI=1S/C22H19ClN6O4/c1-28(2)22(31)21-25-19(27-33-21)16-8-7-15(12-17(16)23)32-14-6-4-5-13(11-14)20(30)24-18-9-10-29(3)26-18/h4-12H,1-3H3,(H,24,26,30). The van der Waals surface area contributed by atoms with E-state index in [2.05, 4.69) is 20.6 Å². The summed E-state index contributed by atoms with van der Waals surface area (Å²) in [5.41, 5.74) is 0.889. The molecule has 4 aromatic rings. The number of rotatable bonds is 6. The maximum Gasteiger partial charge on any atom is 0.316 e. The first kappa shape index (κ1) is 22.0. The first-order valence-corrected chi connectivity index (χ1v) is 10.1. The van der Waals surface area contributed by atoms with E-state index in [4.69, 9.17) is 20.9 Å². The van der Waals surface area contributed by atoms with E-state index in [1.165, 1.54) is 4.90 Å². The predicted octanol–water partition coefficient (Wildman–Crippen LogP) is 3.87. The number of aromatic nitrogens is 4. The van der Waals surface area contributed by atoms with Crippen molar-refractivity contribution < 1.29 is 18.8 Å². The van der Waals surface area contributed by atoms with Crippen LogP contribution in [0.4, 0.5) is 5.82 Å². The Labute approximate surface area is 193 Å². The average molecular weight is 467 g/mol. The average Bonchev–Trinajstić information content (AvgIpc) is 3.42. The first-order valence-electron chi connectivity index (χ1n) is 9.74. The Hall–Kier alpha value is -4.18. The summed E-state index contributed by atoms with van der Waals surface area (Å²) in [6, 6.07) is 13.3. The Kier molecular flexibility index (Phi) is 6.09. The van der Waals surface area contributed by atoms with Crippen LogP contribution in [0.2, 0.25) is 5.02 Å². The number of hydrogen-bond acceptors (Lipinski definition) is 7. The molecule has 0 radical (unpaired) electrons. The van der Waals surface area contributed by atoms with Gasteiger partial charge in [-0.3, -0.25) is 14.3 Å². The van der Waals surface area contributed by atoms with Crippen LogP contribution in [0.5, 0.6) is 11.5 Å². The number of nitrogens with zero attached hydrogens (tertiary/aromatic N) is 5. The summed E-state index contributed by atoms with van der Waals surface area (Å²) in [6.07, 6.45) is 1.73. The number of carbonyl (C=O) groups is 2. The molecule has 0 aliphatic carbocycles. The molecule has 0 bridgehead atoms. The van der Waals surface area contributed by atoms with Gasteiger partial charge in [-0.15, -0.1) is 0 Å². The SMILES string of the molecule is CN(C)C(=O)c1nc(-c2ccc(Oc3cccc(C(=O)Nc4ccn(C)n4)c3)cc2Cl)no1. The Bertz CT molecular complexity index is 1330. The highest BCUT2D eigenvalue weighted by Gasteiger charge is 2.19. The Balaban J connectivity index is 1.49. The summed E-state index contributed by atoms with van der Waals surface area (Å²) < 4.78 is 12.5. The number of hydrogen-bond donors (Lipinski definition) is 1. The Morgan fingerprint density at radius 2 is 1.91 bits per heavy atom. The second-order valence-corrected chi connectivity index (χ2v) is 7.63. The van der Waals surface area contributed by atoms with Gasteiger partial charge in [-0.05, 0) is 30.3 Å². The number of benzene rings is 2. The van der Waals surface area contributed by atoms with E-state index >= 15 is 0 Å². The van der Waals surface area contributed by atoms with Crippen LogP contribution in [0.15, 0.2) is 59.3 Å². The third-order valence-electron chi connectivity index (χ3n) is 4.48.